The highest BCUT2D eigenvalue weighted by Gasteiger charge is 2.25. The van der Waals surface area contributed by atoms with Gasteiger partial charge in [0, 0.05) is 13.1 Å². The number of aliphatic hydroxyl groups excluding tert-OH is 1. The summed E-state index contributed by atoms with van der Waals surface area (Å²) in [7, 11) is -0.567. The van der Waals surface area contributed by atoms with Crippen molar-refractivity contribution in [1.82, 2.24) is 0 Å². The summed E-state index contributed by atoms with van der Waals surface area (Å²) < 4.78 is 30.2. The second-order valence-electron chi connectivity index (χ2n) is 3.71. The van der Waals surface area contributed by atoms with E-state index < -0.39 is 21.9 Å². The zero-order chi connectivity index (χ0) is 13.1. The number of benzene rings is 1. The largest absolute Gasteiger partial charge is 0.497 e. The van der Waals surface area contributed by atoms with E-state index in [0.717, 1.165) is 4.31 Å². The number of nitrogens with zero attached hydrogens (tertiary/aromatic N) is 1. The van der Waals surface area contributed by atoms with Gasteiger partial charge in [0.25, 0.3) is 0 Å². The van der Waals surface area contributed by atoms with Gasteiger partial charge in [-0.25, -0.2) is 8.42 Å². The van der Waals surface area contributed by atoms with Gasteiger partial charge in [-0.05, 0) is 19.1 Å². The van der Waals surface area contributed by atoms with Gasteiger partial charge in [-0.1, -0.05) is 6.07 Å². The molecular weight excluding hydrogens is 242 g/mol. The van der Waals surface area contributed by atoms with Crippen LogP contribution in [0.5, 0.6) is 5.75 Å². The molecule has 0 heterocycles. The first-order valence-electron chi connectivity index (χ1n) is 5.16. The lowest BCUT2D eigenvalue weighted by molar-refractivity contribution is 0.295. The molecule has 0 amide bonds. The first kappa shape index (κ1) is 13.8. The van der Waals surface area contributed by atoms with Crippen molar-refractivity contribution in [2.24, 2.45) is 0 Å². The minimum absolute atomic E-state index is 0.406. The van der Waals surface area contributed by atoms with E-state index in [4.69, 9.17) is 9.84 Å². The van der Waals surface area contributed by atoms with E-state index in [1.54, 1.807) is 24.3 Å². The highest BCUT2D eigenvalue weighted by Crippen LogP contribution is 2.23. The molecule has 0 spiro atoms. The van der Waals surface area contributed by atoms with Gasteiger partial charge >= 0.3 is 0 Å². The standard InChI is InChI=1S/C11H17NO4S/c1-9(8-13)17(14,15)12(2)10-5-4-6-11(7-10)16-3/h4-7,9,13H,8H2,1-3H3. The summed E-state index contributed by atoms with van der Waals surface area (Å²) in [5.41, 5.74) is 0.504. The molecule has 96 valence electrons. The Morgan fingerprint density at radius 1 is 1.47 bits per heavy atom. The smallest absolute Gasteiger partial charge is 0.239 e. The van der Waals surface area contributed by atoms with E-state index in [1.807, 2.05) is 0 Å². The van der Waals surface area contributed by atoms with Gasteiger partial charge in [0.1, 0.15) is 11.0 Å². The minimum Gasteiger partial charge on any atom is -0.497 e. The van der Waals surface area contributed by atoms with Crippen LogP contribution in [0, 0.1) is 0 Å². The molecule has 6 heteroatoms. The van der Waals surface area contributed by atoms with Crippen LogP contribution in [0.2, 0.25) is 0 Å². The molecule has 17 heavy (non-hydrogen) atoms. The Hall–Kier alpha value is -1.27. The number of aliphatic hydroxyl groups is 1. The maximum atomic E-state index is 12.0. The summed E-state index contributed by atoms with van der Waals surface area (Å²) in [5.74, 6) is 0.584. The van der Waals surface area contributed by atoms with Crippen LogP contribution in [0.25, 0.3) is 0 Å². The first-order chi connectivity index (χ1) is 7.93. The number of rotatable bonds is 5. The van der Waals surface area contributed by atoms with E-state index in [1.165, 1.54) is 21.1 Å². The molecule has 5 nitrogen and oxygen atoms in total. The SMILES string of the molecule is COc1cccc(N(C)S(=O)(=O)C(C)CO)c1. The molecule has 1 aromatic carbocycles. The van der Waals surface area contributed by atoms with Crippen molar-refractivity contribution >= 4 is 15.7 Å². The molecule has 1 atom stereocenters. The fraction of sp³-hybridized carbons (Fsp3) is 0.455. The fourth-order valence-electron chi connectivity index (χ4n) is 1.32. The minimum atomic E-state index is -3.54. The summed E-state index contributed by atoms with van der Waals surface area (Å²) in [6, 6.07) is 6.75. The van der Waals surface area contributed by atoms with Crippen molar-refractivity contribution in [3.63, 3.8) is 0 Å². The maximum Gasteiger partial charge on any atom is 0.239 e. The van der Waals surface area contributed by atoms with Gasteiger partial charge in [0.05, 0.1) is 19.4 Å². The number of hydrogen-bond acceptors (Lipinski definition) is 4. The Balaban J connectivity index is 3.07. The van der Waals surface area contributed by atoms with Crippen molar-refractivity contribution < 1.29 is 18.3 Å². The monoisotopic (exact) mass is 259 g/mol. The quantitative estimate of drug-likeness (QED) is 0.851. The molecule has 0 aliphatic heterocycles. The molecule has 1 unspecified atom stereocenters. The second kappa shape index (κ2) is 5.37. The lowest BCUT2D eigenvalue weighted by atomic mass is 10.3. The lowest BCUT2D eigenvalue weighted by Gasteiger charge is -2.23. The highest BCUT2D eigenvalue weighted by molar-refractivity contribution is 7.93. The fourth-order valence-corrected chi connectivity index (χ4v) is 2.45. The first-order valence-corrected chi connectivity index (χ1v) is 6.66. The van der Waals surface area contributed by atoms with Crippen LogP contribution < -0.4 is 9.04 Å². The van der Waals surface area contributed by atoms with E-state index >= 15 is 0 Å². The summed E-state index contributed by atoms with van der Waals surface area (Å²) >= 11 is 0. The van der Waals surface area contributed by atoms with Crippen LogP contribution in [0.3, 0.4) is 0 Å². The van der Waals surface area contributed by atoms with Crippen LogP contribution in [-0.2, 0) is 10.0 Å². The second-order valence-corrected chi connectivity index (χ2v) is 6.09. The van der Waals surface area contributed by atoms with E-state index in [2.05, 4.69) is 0 Å². The third kappa shape index (κ3) is 2.89. The maximum absolute atomic E-state index is 12.0. The van der Waals surface area contributed by atoms with Gasteiger partial charge in [0.2, 0.25) is 10.0 Å². The molecule has 0 aliphatic rings. The predicted octanol–water partition coefficient (Wildman–Crippen LogP) is 0.842. The Bertz CT molecular complexity index is 472. The van der Waals surface area contributed by atoms with Crippen molar-refractivity contribution in [1.29, 1.82) is 0 Å². The average molecular weight is 259 g/mol. The van der Waals surface area contributed by atoms with Crippen molar-refractivity contribution in [2.45, 2.75) is 12.2 Å². The van der Waals surface area contributed by atoms with Crippen molar-refractivity contribution in [2.75, 3.05) is 25.1 Å². The van der Waals surface area contributed by atoms with Gasteiger partial charge < -0.3 is 9.84 Å². The molecule has 1 rings (SSSR count). The highest BCUT2D eigenvalue weighted by atomic mass is 32.2. The normalized spacial score (nSPS) is 13.2. The molecule has 0 aliphatic carbocycles. The molecule has 0 saturated heterocycles. The number of sulfonamides is 1. The van der Waals surface area contributed by atoms with Crippen LogP contribution in [0.4, 0.5) is 5.69 Å². The summed E-state index contributed by atoms with van der Waals surface area (Å²) in [4.78, 5) is 0. The van der Waals surface area contributed by atoms with Crippen molar-refractivity contribution in [3.8, 4) is 5.75 Å². The third-order valence-corrected chi connectivity index (χ3v) is 4.70. The Morgan fingerprint density at radius 2 is 2.12 bits per heavy atom. The zero-order valence-corrected chi connectivity index (χ0v) is 10.9. The zero-order valence-electron chi connectivity index (χ0n) is 10.1. The van der Waals surface area contributed by atoms with Crippen LogP contribution >= 0.6 is 0 Å². The molecule has 0 fully saturated rings. The summed E-state index contributed by atoms with van der Waals surface area (Å²) in [5, 5.41) is 8.10. The lowest BCUT2D eigenvalue weighted by Crippen LogP contribution is -2.36. The van der Waals surface area contributed by atoms with Gasteiger partial charge in [-0.15, -0.1) is 0 Å². The summed E-state index contributed by atoms with van der Waals surface area (Å²) in [6.45, 7) is 1.06. The molecule has 0 aromatic heterocycles. The molecule has 0 radical (unpaired) electrons. The number of ether oxygens (including phenoxy) is 1. The average Bonchev–Trinajstić information content (AvgIpc) is 2.36. The van der Waals surface area contributed by atoms with Gasteiger partial charge in [-0.3, -0.25) is 4.31 Å². The molecule has 1 aromatic rings. The topological polar surface area (TPSA) is 66.8 Å². The number of methoxy groups -OCH3 is 1. The third-order valence-electron chi connectivity index (χ3n) is 2.56. The van der Waals surface area contributed by atoms with Crippen LogP contribution in [0.1, 0.15) is 6.92 Å². The molecule has 0 saturated carbocycles. The Labute approximate surface area is 102 Å². The van der Waals surface area contributed by atoms with Gasteiger partial charge in [-0.2, -0.15) is 0 Å². The predicted molar refractivity (Wildman–Crippen MR) is 66.9 cm³/mol. The number of anilines is 1. The van der Waals surface area contributed by atoms with Crippen molar-refractivity contribution in [3.05, 3.63) is 24.3 Å². The van der Waals surface area contributed by atoms with Crippen LogP contribution in [0.15, 0.2) is 24.3 Å². The Kier molecular flexibility index (Phi) is 4.36. The van der Waals surface area contributed by atoms with E-state index in [0.29, 0.717) is 11.4 Å². The van der Waals surface area contributed by atoms with E-state index in [-0.39, 0.29) is 0 Å². The molecule has 1 N–H and O–H groups in total. The molecular formula is C11H17NO4S. The summed E-state index contributed by atoms with van der Waals surface area (Å²) in [6.07, 6.45) is 0. The number of hydrogen-bond donors (Lipinski definition) is 1. The van der Waals surface area contributed by atoms with Gasteiger partial charge in [0.15, 0.2) is 0 Å². The van der Waals surface area contributed by atoms with Crippen LogP contribution in [-0.4, -0.2) is 39.5 Å². The van der Waals surface area contributed by atoms with E-state index in [9.17, 15) is 8.42 Å². The molecule has 0 bridgehead atoms. The Morgan fingerprint density at radius 3 is 2.65 bits per heavy atom.